The molecule has 0 atom stereocenters. The highest BCUT2D eigenvalue weighted by molar-refractivity contribution is 5.84. The maximum Gasteiger partial charge on any atom is 0.142 e. The topological polar surface area (TPSA) is 91.7 Å². The van der Waals surface area contributed by atoms with Gasteiger partial charge in [-0.3, -0.25) is 0 Å². The maximum absolute atomic E-state index is 13.9. The van der Waals surface area contributed by atoms with Crippen LogP contribution < -0.4 is 16.4 Å². The fourth-order valence-corrected chi connectivity index (χ4v) is 3.21. The number of hydrogen-bond acceptors (Lipinski definition) is 5. The molecule has 1 heterocycles. The van der Waals surface area contributed by atoms with Crippen LogP contribution in [0.15, 0.2) is 60.9 Å². The van der Waals surface area contributed by atoms with Crippen LogP contribution in [-0.2, 0) is 13.1 Å². The van der Waals surface area contributed by atoms with Crippen LogP contribution in [0.1, 0.15) is 24.1 Å². The van der Waals surface area contributed by atoms with Gasteiger partial charge in [0.15, 0.2) is 0 Å². The fraction of sp³-hybridized carbons (Fsp3) is 0.217. The van der Waals surface area contributed by atoms with E-state index in [1.165, 1.54) is 18.2 Å². The van der Waals surface area contributed by atoms with Crippen molar-refractivity contribution in [3.8, 4) is 11.4 Å². The third-order valence-corrected chi connectivity index (χ3v) is 4.77. The van der Waals surface area contributed by atoms with Crippen molar-refractivity contribution in [1.29, 1.82) is 5.41 Å². The number of nitrogens with one attached hydrogen (secondary N) is 3. The van der Waals surface area contributed by atoms with E-state index in [4.69, 9.17) is 11.1 Å². The molecule has 0 aliphatic rings. The van der Waals surface area contributed by atoms with Crippen LogP contribution in [0.4, 0.5) is 14.6 Å². The summed E-state index contributed by atoms with van der Waals surface area (Å²) in [6.07, 6.45) is 2.73. The lowest BCUT2D eigenvalue weighted by Crippen LogP contribution is -2.21. The molecular weight excluding hydrogens is 398 g/mol. The Kier molecular flexibility index (Phi) is 7.50. The average Bonchev–Trinajstić information content (AvgIpc) is 3.10. The Balaban J connectivity index is 1.87. The summed E-state index contributed by atoms with van der Waals surface area (Å²) in [6, 6.07) is 12.7. The van der Waals surface area contributed by atoms with Crippen LogP contribution in [0.2, 0.25) is 0 Å². The number of aromatic nitrogens is 2. The predicted octanol–water partition coefficient (Wildman–Crippen LogP) is 4.24. The van der Waals surface area contributed by atoms with Gasteiger partial charge in [0, 0.05) is 30.4 Å². The standard InChI is InChI=1S/C23H26F2N6/c1-16(28-15-18-7-2-3-10-20(18)25)29-23-21(14-27)30-22(31(23)12-5-4-11-26)17-8-6-9-19(24)13-17/h2-3,6-10,13-14,27-29H,1,4-5,11-12,15,26H2. The smallest absolute Gasteiger partial charge is 0.142 e. The van der Waals surface area contributed by atoms with E-state index >= 15 is 0 Å². The molecular formula is C23H26F2N6. The normalized spacial score (nSPS) is 10.7. The van der Waals surface area contributed by atoms with Gasteiger partial charge in [-0.05, 0) is 37.6 Å². The monoisotopic (exact) mass is 424 g/mol. The first kappa shape index (κ1) is 22.2. The number of benzene rings is 2. The summed E-state index contributed by atoms with van der Waals surface area (Å²) in [5.41, 5.74) is 7.14. The summed E-state index contributed by atoms with van der Waals surface area (Å²) < 4.78 is 29.6. The zero-order chi connectivity index (χ0) is 22.2. The number of anilines is 1. The molecule has 31 heavy (non-hydrogen) atoms. The number of unbranched alkanes of at least 4 members (excludes halogenated alkanes) is 1. The lowest BCUT2D eigenvalue weighted by atomic mass is 10.2. The van der Waals surface area contributed by atoms with Gasteiger partial charge in [0.05, 0.1) is 5.82 Å². The number of rotatable bonds is 11. The van der Waals surface area contributed by atoms with Crippen molar-refractivity contribution in [2.75, 3.05) is 11.9 Å². The molecule has 0 spiro atoms. The van der Waals surface area contributed by atoms with Crippen LogP contribution in [-0.4, -0.2) is 22.3 Å². The Labute approximate surface area is 180 Å². The molecule has 2 aromatic carbocycles. The van der Waals surface area contributed by atoms with E-state index < -0.39 is 0 Å². The van der Waals surface area contributed by atoms with E-state index in [1.54, 1.807) is 30.3 Å². The van der Waals surface area contributed by atoms with Crippen LogP contribution in [0.3, 0.4) is 0 Å². The van der Waals surface area contributed by atoms with E-state index in [0.29, 0.717) is 47.4 Å². The van der Waals surface area contributed by atoms with Crippen molar-refractivity contribution in [3.63, 3.8) is 0 Å². The first-order valence-electron chi connectivity index (χ1n) is 10.0. The van der Waals surface area contributed by atoms with E-state index in [1.807, 2.05) is 4.57 Å². The largest absolute Gasteiger partial charge is 0.368 e. The van der Waals surface area contributed by atoms with Crippen molar-refractivity contribution in [2.45, 2.75) is 25.9 Å². The van der Waals surface area contributed by atoms with E-state index in [2.05, 4.69) is 22.2 Å². The summed E-state index contributed by atoms with van der Waals surface area (Å²) in [6.45, 7) is 5.34. The van der Waals surface area contributed by atoms with Crippen molar-refractivity contribution in [1.82, 2.24) is 14.9 Å². The van der Waals surface area contributed by atoms with Crippen molar-refractivity contribution in [3.05, 3.63) is 83.8 Å². The van der Waals surface area contributed by atoms with Crippen LogP contribution >= 0.6 is 0 Å². The summed E-state index contributed by atoms with van der Waals surface area (Å²) >= 11 is 0. The molecule has 3 rings (SSSR count). The lowest BCUT2D eigenvalue weighted by Gasteiger charge is -2.16. The highest BCUT2D eigenvalue weighted by Crippen LogP contribution is 2.27. The van der Waals surface area contributed by atoms with Crippen molar-refractivity contribution < 1.29 is 8.78 Å². The van der Waals surface area contributed by atoms with Crippen molar-refractivity contribution in [2.24, 2.45) is 5.73 Å². The van der Waals surface area contributed by atoms with Crippen LogP contribution in [0.25, 0.3) is 11.4 Å². The first-order chi connectivity index (χ1) is 15.0. The SMILES string of the molecule is C=C(NCc1ccccc1F)Nc1c(C=N)nc(-c2cccc(F)c2)n1CCCCN. The molecule has 0 unspecified atom stereocenters. The Hall–Kier alpha value is -3.52. The molecule has 0 fully saturated rings. The summed E-state index contributed by atoms with van der Waals surface area (Å²) in [4.78, 5) is 4.53. The van der Waals surface area contributed by atoms with Crippen LogP contribution in [0, 0.1) is 17.0 Å². The minimum atomic E-state index is -0.365. The fourth-order valence-electron chi connectivity index (χ4n) is 3.21. The highest BCUT2D eigenvalue weighted by Gasteiger charge is 2.18. The molecule has 8 heteroatoms. The second-order valence-corrected chi connectivity index (χ2v) is 7.02. The maximum atomic E-state index is 13.9. The molecule has 6 nitrogen and oxygen atoms in total. The third kappa shape index (κ3) is 5.55. The van der Waals surface area contributed by atoms with Gasteiger partial charge in [0.2, 0.25) is 0 Å². The van der Waals surface area contributed by atoms with Gasteiger partial charge < -0.3 is 26.3 Å². The van der Waals surface area contributed by atoms with Crippen LogP contribution in [0.5, 0.6) is 0 Å². The molecule has 0 radical (unpaired) electrons. The first-order valence-corrected chi connectivity index (χ1v) is 10.0. The molecule has 0 bridgehead atoms. The molecule has 0 amide bonds. The Morgan fingerprint density at radius 3 is 2.68 bits per heavy atom. The van der Waals surface area contributed by atoms with Crippen molar-refractivity contribution >= 4 is 12.0 Å². The van der Waals surface area contributed by atoms with E-state index in [0.717, 1.165) is 19.1 Å². The van der Waals surface area contributed by atoms with Gasteiger partial charge in [-0.1, -0.05) is 36.9 Å². The second kappa shape index (κ2) is 10.5. The Morgan fingerprint density at radius 2 is 1.97 bits per heavy atom. The van der Waals surface area contributed by atoms with Gasteiger partial charge >= 0.3 is 0 Å². The van der Waals surface area contributed by atoms with Gasteiger partial charge in [0.1, 0.15) is 29.0 Å². The Bertz CT molecular complexity index is 1060. The number of nitrogens with zero attached hydrogens (tertiary/aromatic N) is 2. The third-order valence-electron chi connectivity index (χ3n) is 4.77. The predicted molar refractivity (Wildman–Crippen MR) is 120 cm³/mol. The lowest BCUT2D eigenvalue weighted by molar-refractivity contribution is 0.601. The quantitative estimate of drug-likeness (QED) is 0.274. The molecule has 5 N–H and O–H groups in total. The highest BCUT2D eigenvalue weighted by atomic mass is 19.1. The minimum Gasteiger partial charge on any atom is -0.368 e. The molecule has 162 valence electrons. The van der Waals surface area contributed by atoms with E-state index in [-0.39, 0.29) is 18.2 Å². The number of imidazole rings is 1. The molecule has 0 aliphatic heterocycles. The Morgan fingerprint density at radius 1 is 1.16 bits per heavy atom. The van der Waals surface area contributed by atoms with Gasteiger partial charge in [-0.15, -0.1) is 0 Å². The molecule has 1 aromatic heterocycles. The van der Waals surface area contributed by atoms with Gasteiger partial charge in [0.25, 0.3) is 0 Å². The zero-order valence-electron chi connectivity index (χ0n) is 17.2. The van der Waals surface area contributed by atoms with Gasteiger partial charge in [-0.2, -0.15) is 0 Å². The number of halogens is 2. The molecule has 0 aliphatic carbocycles. The summed E-state index contributed by atoms with van der Waals surface area (Å²) in [5.74, 6) is 0.855. The zero-order valence-corrected chi connectivity index (χ0v) is 17.2. The molecule has 3 aromatic rings. The second-order valence-electron chi connectivity index (χ2n) is 7.02. The summed E-state index contributed by atoms with van der Waals surface area (Å²) in [5, 5.41) is 14.0. The molecule has 0 saturated carbocycles. The summed E-state index contributed by atoms with van der Waals surface area (Å²) in [7, 11) is 0. The average molecular weight is 424 g/mol. The van der Waals surface area contributed by atoms with Gasteiger partial charge in [-0.25, -0.2) is 13.8 Å². The molecule has 0 saturated heterocycles. The number of hydrogen-bond donors (Lipinski definition) is 4. The number of nitrogens with two attached hydrogens (primary N) is 1. The minimum absolute atomic E-state index is 0.247. The van der Waals surface area contributed by atoms with E-state index in [9.17, 15) is 8.78 Å².